The largest absolute Gasteiger partial charge is 0.353 e. The topological polar surface area (TPSA) is 119 Å². The summed E-state index contributed by atoms with van der Waals surface area (Å²) in [4.78, 5) is 26.6. The first-order valence-corrected chi connectivity index (χ1v) is 7.07. The minimum atomic E-state index is -0.573. The van der Waals surface area contributed by atoms with E-state index in [9.17, 15) is 10.1 Å². The zero-order valence-corrected chi connectivity index (χ0v) is 12.8. The Balaban J connectivity index is 1.99. The molecule has 120 valence electrons. The zero-order chi connectivity index (χ0) is 16.9. The Morgan fingerprint density at radius 3 is 2.38 bits per heavy atom. The molecule has 0 fully saturated rings. The van der Waals surface area contributed by atoms with E-state index >= 15 is 0 Å². The molecule has 0 aliphatic carbocycles. The van der Waals surface area contributed by atoms with Gasteiger partial charge in [0.25, 0.3) is 0 Å². The number of hydrogen-bond acceptors (Lipinski definition) is 8. The zero-order valence-electron chi connectivity index (χ0n) is 12.0. The van der Waals surface area contributed by atoms with Crippen LogP contribution in [0, 0.1) is 10.1 Å². The van der Waals surface area contributed by atoms with E-state index < -0.39 is 4.92 Å². The summed E-state index contributed by atoms with van der Waals surface area (Å²) in [5.41, 5.74) is 0.696. The molecular formula is C14H10ClN7O2. The number of nitro groups is 1. The summed E-state index contributed by atoms with van der Waals surface area (Å²) < 4.78 is 0. The molecule has 0 spiro atoms. The van der Waals surface area contributed by atoms with Gasteiger partial charge in [-0.2, -0.15) is 0 Å². The fraction of sp³-hybridized carbons (Fsp3) is 0. The van der Waals surface area contributed by atoms with Crippen LogP contribution in [0.1, 0.15) is 0 Å². The first-order valence-electron chi connectivity index (χ1n) is 6.69. The summed E-state index contributed by atoms with van der Waals surface area (Å²) in [6, 6.07) is 6.61. The summed E-state index contributed by atoms with van der Waals surface area (Å²) >= 11 is 5.97. The fourth-order valence-corrected chi connectivity index (χ4v) is 2.08. The van der Waals surface area contributed by atoms with E-state index in [1.54, 1.807) is 36.7 Å². The van der Waals surface area contributed by atoms with E-state index in [-0.39, 0.29) is 22.5 Å². The lowest BCUT2D eigenvalue weighted by atomic mass is 10.3. The van der Waals surface area contributed by atoms with E-state index in [0.29, 0.717) is 11.4 Å². The number of aromatic nitrogens is 4. The summed E-state index contributed by atoms with van der Waals surface area (Å²) in [7, 11) is 0. The van der Waals surface area contributed by atoms with Gasteiger partial charge in [0, 0.05) is 24.3 Å². The first-order chi connectivity index (χ1) is 11.6. The fourth-order valence-electron chi connectivity index (χ4n) is 1.91. The van der Waals surface area contributed by atoms with E-state index in [1.807, 2.05) is 0 Å². The van der Waals surface area contributed by atoms with Gasteiger partial charge in [-0.05, 0) is 24.3 Å². The Kier molecular flexibility index (Phi) is 4.43. The molecule has 0 atom stereocenters. The van der Waals surface area contributed by atoms with Gasteiger partial charge in [0.2, 0.25) is 11.6 Å². The molecule has 3 aromatic rings. The predicted octanol–water partition coefficient (Wildman–Crippen LogP) is 3.32. The highest BCUT2D eigenvalue weighted by Gasteiger charge is 2.23. The summed E-state index contributed by atoms with van der Waals surface area (Å²) in [5, 5.41) is 17.3. The summed E-state index contributed by atoms with van der Waals surface area (Å²) in [6.07, 6.45) is 5.84. The summed E-state index contributed by atoms with van der Waals surface area (Å²) in [6.45, 7) is 0. The SMILES string of the molecule is O=[N+]([O-])c1c(Nc2ccncc2)ncnc1Nc1cccnc1Cl. The van der Waals surface area contributed by atoms with Gasteiger partial charge in [0.15, 0.2) is 5.15 Å². The highest BCUT2D eigenvalue weighted by atomic mass is 35.5. The second-order valence-corrected chi connectivity index (χ2v) is 4.86. The predicted molar refractivity (Wildman–Crippen MR) is 88.7 cm³/mol. The Morgan fingerprint density at radius 2 is 1.71 bits per heavy atom. The number of hydrogen-bond donors (Lipinski definition) is 2. The molecule has 0 amide bonds. The van der Waals surface area contributed by atoms with Crippen LogP contribution < -0.4 is 10.6 Å². The molecular weight excluding hydrogens is 334 g/mol. The molecule has 0 saturated heterocycles. The van der Waals surface area contributed by atoms with Crippen LogP contribution in [0.15, 0.2) is 49.2 Å². The maximum absolute atomic E-state index is 11.5. The number of nitrogens with one attached hydrogen (secondary N) is 2. The lowest BCUT2D eigenvalue weighted by molar-refractivity contribution is -0.383. The Morgan fingerprint density at radius 1 is 1.00 bits per heavy atom. The van der Waals surface area contributed by atoms with Gasteiger partial charge in [0.1, 0.15) is 6.33 Å². The van der Waals surface area contributed by atoms with Crippen LogP contribution in [-0.4, -0.2) is 24.9 Å². The van der Waals surface area contributed by atoms with Crippen LogP contribution in [0.5, 0.6) is 0 Å². The second kappa shape index (κ2) is 6.84. The monoisotopic (exact) mass is 343 g/mol. The molecule has 0 bridgehead atoms. The van der Waals surface area contributed by atoms with Gasteiger partial charge < -0.3 is 10.6 Å². The van der Waals surface area contributed by atoms with Crippen molar-refractivity contribution in [3.05, 3.63) is 64.5 Å². The standard InChI is InChI=1S/C14H10ClN7O2/c15-12-10(2-1-5-17-12)21-14-11(22(23)24)13(18-8-19-14)20-9-3-6-16-7-4-9/h1-8H,(H2,16,18,19,20,21). The van der Waals surface area contributed by atoms with Crippen molar-refractivity contribution in [1.29, 1.82) is 0 Å². The molecule has 3 rings (SSSR count). The van der Waals surface area contributed by atoms with Crippen LogP contribution in [0.25, 0.3) is 0 Å². The van der Waals surface area contributed by atoms with Crippen LogP contribution in [0.2, 0.25) is 5.15 Å². The minimum Gasteiger partial charge on any atom is -0.334 e. The molecule has 0 saturated carbocycles. The van der Waals surface area contributed by atoms with Crippen LogP contribution >= 0.6 is 11.6 Å². The molecule has 0 aliphatic heterocycles. The van der Waals surface area contributed by atoms with Crippen molar-refractivity contribution in [2.24, 2.45) is 0 Å². The Labute approximate surface area is 140 Å². The number of nitrogens with zero attached hydrogens (tertiary/aromatic N) is 5. The minimum absolute atomic E-state index is 0.00135. The molecule has 0 aromatic carbocycles. The van der Waals surface area contributed by atoms with Gasteiger partial charge in [-0.1, -0.05) is 11.6 Å². The molecule has 10 heteroatoms. The van der Waals surface area contributed by atoms with Crippen molar-refractivity contribution < 1.29 is 4.92 Å². The molecule has 3 heterocycles. The van der Waals surface area contributed by atoms with Gasteiger partial charge in [-0.3, -0.25) is 15.1 Å². The molecule has 0 radical (unpaired) electrons. The van der Waals surface area contributed by atoms with E-state index in [0.717, 1.165) is 0 Å². The molecule has 0 unspecified atom stereocenters. The number of halogens is 1. The van der Waals surface area contributed by atoms with Crippen molar-refractivity contribution in [3.63, 3.8) is 0 Å². The third kappa shape index (κ3) is 3.36. The lowest BCUT2D eigenvalue weighted by Gasteiger charge is -2.10. The van der Waals surface area contributed by atoms with Crippen LogP contribution in [0.3, 0.4) is 0 Å². The number of anilines is 4. The highest BCUT2D eigenvalue weighted by molar-refractivity contribution is 6.32. The maximum Gasteiger partial charge on any atom is 0.353 e. The third-order valence-electron chi connectivity index (χ3n) is 2.96. The smallest absolute Gasteiger partial charge is 0.334 e. The number of pyridine rings is 2. The third-order valence-corrected chi connectivity index (χ3v) is 3.26. The van der Waals surface area contributed by atoms with Gasteiger partial charge >= 0.3 is 5.69 Å². The van der Waals surface area contributed by atoms with Gasteiger partial charge in [-0.25, -0.2) is 15.0 Å². The molecule has 24 heavy (non-hydrogen) atoms. The quantitative estimate of drug-likeness (QED) is 0.411. The van der Waals surface area contributed by atoms with Crippen LogP contribution in [0.4, 0.5) is 28.7 Å². The lowest BCUT2D eigenvalue weighted by Crippen LogP contribution is -2.06. The van der Waals surface area contributed by atoms with Crippen molar-refractivity contribution >= 4 is 40.3 Å². The average Bonchev–Trinajstić information content (AvgIpc) is 2.58. The highest BCUT2D eigenvalue weighted by Crippen LogP contribution is 2.33. The maximum atomic E-state index is 11.5. The van der Waals surface area contributed by atoms with Gasteiger partial charge in [-0.15, -0.1) is 0 Å². The molecule has 0 aliphatic rings. The van der Waals surface area contributed by atoms with Crippen LogP contribution in [-0.2, 0) is 0 Å². The van der Waals surface area contributed by atoms with Crippen molar-refractivity contribution in [2.45, 2.75) is 0 Å². The van der Waals surface area contributed by atoms with Crippen molar-refractivity contribution in [1.82, 2.24) is 19.9 Å². The first kappa shape index (κ1) is 15.6. The molecule has 3 aromatic heterocycles. The van der Waals surface area contributed by atoms with E-state index in [1.165, 1.54) is 12.5 Å². The van der Waals surface area contributed by atoms with Crippen molar-refractivity contribution in [3.8, 4) is 0 Å². The van der Waals surface area contributed by atoms with Crippen molar-refractivity contribution in [2.75, 3.05) is 10.6 Å². The van der Waals surface area contributed by atoms with E-state index in [2.05, 4.69) is 30.6 Å². The number of rotatable bonds is 5. The van der Waals surface area contributed by atoms with E-state index in [4.69, 9.17) is 11.6 Å². The second-order valence-electron chi connectivity index (χ2n) is 4.50. The van der Waals surface area contributed by atoms with Gasteiger partial charge in [0.05, 0.1) is 10.6 Å². The Bertz CT molecular complexity index is 876. The Hall–Kier alpha value is -3.33. The normalized spacial score (nSPS) is 10.2. The summed E-state index contributed by atoms with van der Waals surface area (Å²) in [5.74, 6) is 0.0465. The molecule has 2 N–H and O–H groups in total. The average molecular weight is 344 g/mol. The molecule has 9 nitrogen and oxygen atoms in total.